The first-order valence-electron chi connectivity index (χ1n) is 9.81. The molecule has 1 amide bonds. The third-order valence-electron chi connectivity index (χ3n) is 4.91. The fourth-order valence-electron chi connectivity index (χ4n) is 3.38. The van der Waals surface area contributed by atoms with Crippen molar-refractivity contribution in [2.24, 2.45) is 0 Å². The topological polar surface area (TPSA) is 92.8 Å². The normalized spacial score (nSPS) is 17.4. The van der Waals surface area contributed by atoms with Crippen molar-refractivity contribution in [1.29, 1.82) is 0 Å². The van der Waals surface area contributed by atoms with Crippen molar-refractivity contribution in [3.05, 3.63) is 58.6 Å². The van der Waals surface area contributed by atoms with Crippen LogP contribution in [0.4, 0.5) is 14.5 Å². The Labute approximate surface area is 189 Å². The van der Waals surface area contributed by atoms with Crippen molar-refractivity contribution in [2.45, 2.75) is 37.2 Å². The number of rotatable bonds is 5. The maximum absolute atomic E-state index is 14.5. The van der Waals surface area contributed by atoms with Crippen molar-refractivity contribution in [1.82, 2.24) is 4.31 Å². The Morgan fingerprint density at radius 3 is 2.53 bits per heavy atom. The van der Waals surface area contributed by atoms with Gasteiger partial charge in [0.15, 0.2) is 0 Å². The number of sulfonamides is 1. The number of amides is 1. The zero-order valence-corrected chi connectivity index (χ0v) is 18.7. The van der Waals surface area contributed by atoms with E-state index < -0.39 is 44.5 Å². The molecule has 0 radical (unpaired) electrons. The van der Waals surface area contributed by atoms with Gasteiger partial charge in [-0.2, -0.15) is 4.31 Å². The highest BCUT2D eigenvalue weighted by atomic mass is 35.5. The molecule has 0 bridgehead atoms. The van der Waals surface area contributed by atoms with E-state index in [-0.39, 0.29) is 29.4 Å². The summed E-state index contributed by atoms with van der Waals surface area (Å²) in [7, 11) is -4.31. The number of hydrogen-bond donors (Lipinski definition) is 1. The number of halogens is 3. The van der Waals surface area contributed by atoms with Crippen LogP contribution in [0.15, 0.2) is 41.3 Å². The summed E-state index contributed by atoms with van der Waals surface area (Å²) in [6, 6.07) is 6.52. The van der Waals surface area contributed by atoms with Crippen LogP contribution >= 0.6 is 11.6 Å². The summed E-state index contributed by atoms with van der Waals surface area (Å²) in [6.45, 7) is 1.26. The molecule has 1 heterocycles. The van der Waals surface area contributed by atoms with E-state index in [1.54, 1.807) is 0 Å². The van der Waals surface area contributed by atoms with Gasteiger partial charge < -0.3 is 10.1 Å². The quantitative estimate of drug-likeness (QED) is 0.645. The lowest BCUT2D eigenvalue weighted by Gasteiger charge is -2.24. The van der Waals surface area contributed by atoms with Gasteiger partial charge in [0.25, 0.3) is 5.91 Å². The van der Waals surface area contributed by atoms with Gasteiger partial charge in [-0.25, -0.2) is 17.2 Å². The maximum Gasteiger partial charge on any atom is 0.302 e. The first-order valence-corrected chi connectivity index (χ1v) is 11.6. The molecule has 1 aliphatic rings. The van der Waals surface area contributed by atoms with Gasteiger partial charge in [-0.05, 0) is 55.7 Å². The summed E-state index contributed by atoms with van der Waals surface area (Å²) in [5.41, 5.74) is 0.0728. The Hall–Kier alpha value is -2.56. The first-order chi connectivity index (χ1) is 15.1. The van der Waals surface area contributed by atoms with Crippen LogP contribution in [0.5, 0.6) is 0 Å². The van der Waals surface area contributed by atoms with Gasteiger partial charge in [0.2, 0.25) is 10.0 Å². The minimum Gasteiger partial charge on any atom is -0.461 e. The smallest absolute Gasteiger partial charge is 0.302 e. The van der Waals surface area contributed by atoms with E-state index in [2.05, 4.69) is 5.32 Å². The second-order valence-corrected chi connectivity index (χ2v) is 9.63. The number of nitrogens with zero attached hydrogens (tertiary/aromatic N) is 1. The molecule has 1 atom stereocenters. The number of nitrogens with one attached hydrogen (secondary N) is 1. The van der Waals surface area contributed by atoms with E-state index in [1.807, 2.05) is 0 Å². The van der Waals surface area contributed by atoms with Crippen LogP contribution in [0.25, 0.3) is 0 Å². The number of carbonyl (C=O) groups is 2. The van der Waals surface area contributed by atoms with E-state index in [0.29, 0.717) is 19.3 Å². The highest BCUT2D eigenvalue weighted by Crippen LogP contribution is 2.26. The molecular formula is C21H21ClF2N2O5S. The Morgan fingerprint density at radius 1 is 1.12 bits per heavy atom. The van der Waals surface area contributed by atoms with Gasteiger partial charge in [-0.15, -0.1) is 0 Å². The van der Waals surface area contributed by atoms with Crippen LogP contribution < -0.4 is 5.32 Å². The second-order valence-electron chi connectivity index (χ2n) is 7.32. The third-order valence-corrected chi connectivity index (χ3v) is 7.08. The van der Waals surface area contributed by atoms with Gasteiger partial charge in [0.05, 0.1) is 11.6 Å². The molecular weight excluding hydrogens is 466 g/mol. The molecule has 0 aliphatic carbocycles. The molecule has 11 heteroatoms. The molecule has 1 aliphatic heterocycles. The van der Waals surface area contributed by atoms with Crippen LogP contribution in [0.1, 0.15) is 36.5 Å². The van der Waals surface area contributed by atoms with Crippen molar-refractivity contribution in [3.63, 3.8) is 0 Å². The SMILES string of the molecule is CC(=O)OC1CCCCN(S(=O)(=O)c2cc(C(=O)Nc3ccc(F)c(Cl)c3)ccc2F)C1. The molecule has 1 saturated heterocycles. The van der Waals surface area contributed by atoms with Crippen molar-refractivity contribution in [3.8, 4) is 0 Å². The number of ether oxygens (including phenoxy) is 1. The van der Waals surface area contributed by atoms with E-state index in [1.165, 1.54) is 19.1 Å². The minimum atomic E-state index is -4.31. The molecule has 0 aromatic heterocycles. The lowest BCUT2D eigenvalue weighted by molar-refractivity contribution is -0.146. The highest BCUT2D eigenvalue weighted by molar-refractivity contribution is 7.89. The zero-order valence-electron chi connectivity index (χ0n) is 17.1. The lowest BCUT2D eigenvalue weighted by atomic mass is 10.2. The standard InChI is InChI=1S/C21H21ClF2N2O5S/c1-13(27)31-16-4-2-3-9-26(12-16)32(29,30)20-10-14(5-7-19(20)24)21(28)25-15-6-8-18(23)17(22)11-15/h5-8,10-11,16H,2-4,9,12H2,1H3,(H,25,28). The zero-order chi connectivity index (χ0) is 23.5. The summed E-state index contributed by atoms with van der Waals surface area (Å²) < 4.78 is 60.4. The second kappa shape index (κ2) is 9.93. The Balaban J connectivity index is 1.86. The fraction of sp³-hybridized carbons (Fsp3) is 0.333. The highest BCUT2D eigenvalue weighted by Gasteiger charge is 2.32. The summed E-state index contributed by atoms with van der Waals surface area (Å²) in [5, 5.41) is 2.26. The average molecular weight is 487 g/mol. The summed E-state index contributed by atoms with van der Waals surface area (Å²) >= 11 is 5.70. The number of carbonyl (C=O) groups excluding carboxylic acids is 2. The molecule has 2 aromatic rings. The molecule has 0 saturated carbocycles. The molecule has 1 N–H and O–H groups in total. The van der Waals surface area contributed by atoms with E-state index in [9.17, 15) is 26.8 Å². The molecule has 1 unspecified atom stereocenters. The van der Waals surface area contributed by atoms with Gasteiger partial charge in [0.1, 0.15) is 22.6 Å². The number of esters is 1. The molecule has 0 spiro atoms. The van der Waals surface area contributed by atoms with Gasteiger partial charge in [-0.3, -0.25) is 9.59 Å². The maximum atomic E-state index is 14.5. The molecule has 2 aromatic carbocycles. The Kier molecular flexibility index (Phi) is 7.47. The summed E-state index contributed by atoms with van der Waals surface area (Å²) in [5.74, 6) is -2.93. The van der Waals surface area contributed by atoms with Crippen molar-refractivity contribution in [2.75, 3.05) is 18.4 Å². The average Bonchev–Trinajstić information content (AvgIpc) is 2.96. The molecule has 32 heavy (non-hydrogen) atoms. The van der Waals surface area contributed by atoms with E-state index in [0.717, 1.165) is 28.6 Å². The Morgan fingerprint density at radius 2 is 1.84 bits per heavy atom. The van der Waals surface area contributed by atoms with Crippen LogP contribution in [0, 0.1) is 11.6 Å². The van der Waals surface area contributed by atoms with Crippen LogP contribution in [0.3, 0.4) is 0 Å². The lowest BCUT2D eigenvalue weighted by Crippen LogP contribution is -2.38. The number of anilines is 1. The van der Waals surface area contributed by atoms with E-state index in [4.69, 9.17) is 16.3 Å². The fourth-order valence-corrected chi connectivity index (χ4v) is 5.16. The van der Waals surface area contributed by atoms with Gasteiger partial charge in [-0.1, -0.05) is 11.6 Å². The molecule has 1 fully saturated rings. The summed E-state index contributed by atoms with van der Waals surface area (Å²) in [4.78, 5) is 23.2. The molecule has 172 valence electrons. The Bertz CT molecular complexity index is 1140. The first kappa shape index (κ1) is 24.1. The van der Waals surface area contributed by atoms with Gasteiger partial charge in [0, 0.05) is 24.7 Å². The minimum absolute atomic E-state index is 0.105. The largest absolute Gasteiger partial charge is 0.461 e. The predicted octanol–water partition coefficient (Wildman–Crippen LogP) is 3.98. The molecule has 3 rings (SSSR count). The van der Waals surface area contributed by atoms with Crippen LogP contribution in [0.2, 0.25) is 5.02 Å². The number of benzene rings is 2. The molecule has 7 nitrogen and oxygen atoms in total. The monoisotopic (exact) mass is 486 g/mol. The number of hydrogen-bond acceptors (Lipinski definition) is 5. The van der Waals surface area contributed by atoms with Crippen molar-refractivity contribution < 1.29 is 31.5 Å². The van der Waals surface area contributed by atoms with Gasteiger partial charge >= 0.3 is 5.97 Å². The summed E-state index contributed by atoms with van der Waals surface area (Å²) in [6.07, 6.45) is 1.03. The van der Waals surface area contributed by atoms with Crippen LogP contribution in [-0.2, 0) is 19.6 Å². The van der Waals surface area contributed by atoms with E-state index >= 15 is 0 Å². The third kappa shape index (κ3) is 5.62. The van der Waals surface area contributed by atoms with Crippen LogP contribution in [-0.4, -0.2) is 43.8 Å². The van der Waals surface area contributed by atoms with Crippen molar-refractivity contribution >= 4 is 39.2 Å². The predicted molar refractivity (Wildman–Crippen MR) is 114 cm³/mol.